The second kappa shape index (κ2) is 5.97. The van der Waals surface area contributed by atoms with Crippen LogP contribution in [0.3, 0.4) is 0 Å². The van der Waals surface area contributed by atoms with E-state index < -0.39 is 0 Å². The third kappa shape index (κ3) is 2.75. The van der Waals surface area contributed by atoms with E-state index in [1.165, 1.54) is 16.3 Å². The molecule has 0 radical (unpaired) electrons. The third-order valence-electron chi connectivity index (χ3n) is 2.99. The van der Waals surface area contributed by atoms with Gasteiger partial charge in [-0.05, 0) is 34.4 Å². The summed E-state index contributed by atoms with van der Waals surface area (Å²) in [5, 5.41) is 2.47. The SMILES string of the molecule is CCC(C=Cc1cccc2ccccc12)=CC=O. The first-order valence-corrected chi connectivity index (χ1v) is 6.15. The Morgan fingerprint density at radius 3 is 2.67 bits per heavy atom. The highest BCUT2D eigenvalue weighted by Gasteiger charge is 1.96. The highest BCUT2D eigenvalue weighted by molar-refractivity contribution is 5.90. The Bertz CT molecular complexity index is 601. The summed E-state index contributed by atoms with van der Waals surface area (Å²) in [7, 11) is 0. The molecule has 0 fully saturated rings. The van der Waals surface area contributed by atoms with Crippen LogP contribution in [0.5, 0.6) is 0 Å². The summed E-state index contributed by atoms with van der Waals surface area (Å²) >= 11 is 0. The molecule has 2 aromatic carbocycles. The number of rotatable bonds is 4. The van der Waals surface area contributed by atoms with E-state index in [4.69, 9.17) is 0 Å². The zero-order chi connectivity index (χ0) is 12.8. The van der Waals surface area contributed by atoms with Crippen molar-refractivity contribution in [2.24, 2.45) is 0 Å². The van der Waals surface area contributed by atoms with Crippen molar-refractivity contribution in [1.29, 1.82) is 0 Å². The molecule has 18 heavy (non-hydrogen) atoms. The number of hydrogen-bond acceptors (Lipinski definition) is 1. The predicted molar refractivity (Wildman–Crippen MR) is 77.4 cm³/mol. The molecule has 0 aliphatic heterocycles. The first kappa shape index (κ1) is 12.3. The number of hydrogen-bond donors (Lipinski definition) is 0. The fourth-order valence-electron chi connectivity index (χ4n) is 1.97. The van der Waals surface area contributed by atoms with Gasteiger partial charge in [0.25, 0.3) is 0 Å². The summed E-state index contributed by atoms with van der Waals surface area (Å²) in [6, 6.07) is 14.6. The van der Waals surface area contributed by atoms with Gasteiger partial charge in [0.1, 0.15) is 6.29 Å². The maximum Gasteiger partial charge on any atom is 0.143 e. The van der Waals surface area contributed by atoms with E-state index in [2.05, 4.69) is 36.4 Å². The minimum Gasteiger partial charge on any atom is -0.299 e. The fourth-order valence-corrected chi connectivity index (χ4v) is 1.97. The van der Waals surface area contributed by atoms with Crippen LogP contribution in [-0.4, -0.2) is 6.29 Å². The van der Waals surface area contributed by atoms with Crippen molar-refractivity contribution in [3.63, 3.8) is 0 Å². The van der Waals surface area contributed by atoms with E-state index in [9.17, 15) is 4.79 Å². The minimum atomic E-state index is 0.840. The predicted octanol–water partition coefficient (Wildman–Crippen LogP) is 4.39. The molecule has 1 heteroatoms. The van der Waals surface area contributed by atoms with Gasteiger partial charge in [-0.2, -0.15) is 0 Å². The Kier molecular flexibility index (Phi) is 4.08. The van der Waals surface area contributed by atoms with Crippen LogP contribution in [0.4, 0.5) is 0 Å². The van der Waals surface area contributed by atoms with Crippen LogP contribution in [0.2, 0.25) is 0 Å². The van der Waals surface area contributed by atoms with Crippen molar-refractivity contribution < 1.29 is 4.79 Å². The smallest absolute Gasteiger partial charge is 0.143 e. The molecular weight excluding hydrogens is 220 g/mol. The van der Waals surface area contributed by atoms with Gasteiger partial charge in [-0.15, -0.1) is 0 Å². The molecule has 0 bridgehead atoms. The highest BCUT2D eigenvalue weighted by atomic mass is 16.1. The number of fused-ring (bicyclic) bond motifs is 1. The van der Waals surface area contributed by atoms with Gasteiger partial charge in [0.2, 0.25) is 0 Å². The summed E-state index contributed by atoms with van der Waals surface area (Å²) in [5.74, 6) is 0. The first-order chi connectivity index (χ1) is 8.85. The molecule has 1 nitrogen and oxygen atoms in total. The number of allylic oxidation sites excluding steroid dienone is 3. The monoisotopic (exact) mass is 236 g/mol. The topological polar surface area (TPSA) is 17.1 Å². The molecule has 0 heterocycles. The Morgan fingerprint density at radius 2 is 1.89 bits per heavy atom. The Hall–Kier alpha value is -2.15. The van der Waals surface area contributed by atoms with Gasteiger partial charge in [0.15, 0.2) is 0 Å². The molecule has 0 amide bonds. The number of benzene rings is 2. The van der Waals surface area contributed by atoms with Crippen molar-refractivity contribution >= 4 is 23.1 Å². The van der Waals surface area contributed by atoms with E-state index in [-0.39, 0.29) is 0 Å². The summed E-state index contributed by atoms with van der Waals surface area (Å²) in [4.78, 5) is 10.5. The average Bonchev–Trinajstić information content (AvgIpc) is 2.43. The molecule has 2 rings (SSSR count). The van der Waals surface area contributed by atoms with Gasteiger partial charge in [0, 0.05) is 0 Å². The highest BCUT2D eigenvalue weighted by Crippen LogP contribution is 2.20. The van der Waals surface area contributed by atoms with Crippen LogP contribution < -0.4 is 0 Å². The van der Waals surface area contributed by atoms with Crippen LogP contribution in [0.1, 0.15) is 18.9 Å². The molecular formula is C17H16O. The molecule has 0 saturated heterocycles. The molecule has 0 aromatic heterocycles. The summed E-state index contributed by atoms with van der Waals surface area (Å²) in [6.45, 7) is 2.04. The lowest BCUT2D eigenvalue weighted by Crippen LogP contribution is -1.79. The standard InChI is InChI=1S/C17H16O/c1-2-14(12-13-18)10-11-16-8-5-7-15-6-3-4-9-17(15)16/h3-13H,2H2,1H3. The van der Waals surface area contributed by atoms with Crippen LogP contribution in [0.15, 0.2) is 60.2 Å². The molecule has 0 aliphatic rings. The lowest BCUT2D eigenvalue weighted by molar-refractivity contribution is -0.104. The van der Waals surface area contributed by atoms with E-state index in [0.717, 1.165) is 18.3 Å². The molecule has 0 N–H and O–H groups in total. The lowest BCUT2D eigenvalue weighted by Gasteiger charge is -2.02. The quantitative estimate of drug-likeness (QED) is 0.437. The number of carbonyl (C=O) groups excluding carboxylic acids is 1. The van der Waals surface area contributed by atoms with Crippen molar-refractivity contribution in [2.45, 2.75) is 13.3 Å². The van der Waals surface area contributed by atoms with Crippen molar-refractivity contribution in [1.82, 2.24) is 0 Å². The lowest BCUT2D eigenvalue weighted by atomic mass is 10.0. The van der Waals surface area contributed by atoms with E-state index in [1.54, 1.807) is 6.08 Å². The Morgan fingerprint density at radius 1 is 1.11 bits per heavy atom. The second-order valence-electron chi connectivity index (χ2n) is 4.13. The van der Waals surface area contributed by atoms with Gasteiger partial charge in [-0.3, -0.25) is 4.79 Å². The fraction of sp³-hybridized carbons (Fsp3) is 0.118. The molecule has 90 valence electrons. The van der Waals surface area contributed by atoms with E-state index in [0.29, 0.717) is 0 Å². The molecule has 2 aromatic rings. The normalized spacial score (nSPS) is 12.2. The summed E-state index contributed by atoms with van der Waals surface area (Å²) in [6.07, 6.45) is 7.39. The number of aldehydes is 1. The molecule has 0 aliphatic carbocycles. The van der Waals surface area contributed by atoms with Gasteiger partial charge in [-0.1, -0.05) is 61.5 Å². The Labute approximate surface area is 107 Å². The molecule has 0 atom stereocenters. The maximum absolute atomic E-state index is 10.5. The van der Waals surface area contributed by atoms with Crippen LogP contribution in [-0.2, 0) is 4.79 Å². The Balaban J connectivity index is 2.40. The first-order valence-electron chi connectivity index (χ1n) is 6.15. The van der Waals surface area contributed by atoms with Gasteiger partial charge in [0.05, 0.1) is 0 Å². The number of carbonyl (C=O) groups is 1. The molecule has 0 unspecified atom stereocenters. The largest absolute Gasteiger partial charge is 0.299 e. The molecule has 0 spiro atoms. The van der Waals surface area contributed by atoms with Gasteiger partial charge in [-0.25, -0.2) is 0 Å². The van der Waals surface area contributed by atoms with Crippen molar-refractivity contribution in [3.8, 4) is 0 Å². The maximum atomic E-state index is 10.5. The van der Waals surface area contributed by atoms with Crippen molar-refractivity contribution in [3.05, 3.63) is 65.8 Å². The average molecular weight is 236 g/mol. The minimum absolute atomic E-state index is 0.840. The van der Waals surface area contributed by atoms with Gasteiger partial charge >= 0.3 is 0 Å². The van der Waals surface area contributed by atoms with Gasteiger partial charge < -0.3 is 0 Å². The zero-order valence-electron chi connectivity index (χ0n) is 10.5. The third-order valence-corrected chi connectivity index (χ3v) is 2.99. The summed E-state index contributed by atoms with van der Waals surface area (Å²) < 4.78 is 0. The molecule has 0 saturated carbocycles. The zero-order valence-corrected chi connectivity index (χ0v) is 10.5. The van der Waals surface area contributed by atoms with Crippen LogP contribution in [0, 0.1) is 0 Å². The van der Waals surface area contributed by atoms with Crippen LogP contribution in [0.25, 0.3) is 16.8 Å². The van der Waals surface area contributed by atoms with E-state index in [1.807, 2.05) is 25.1 Å². The van der Waals surface area contributed by atoms with Crippen LogP contribution >= 0.6 is 0 Å². The van der Waals surface area contributed by atoms with E-state index >= 15 is 0 Å². The second-order valence-corrected chi connectivity index (χ2v) is 4.13. The van der Waals surface area contributed by atoms with Crippen molar-refractivity contribution in [2.75, 3.05) is 0 Å². The summed E-state index contributed by atoms with van der Waals surface area (Å²) in [5.41, 5.74) is 2.22.